The lowest BCUT2D eigenvalue weighted by Crippen LogP contribution is -2.44. The molecule has 1 saturated heterocycles. The van der Waals surface area contributed by atoms with Crippen LogP contribution in [0.25, 0.3) is 0 Å². The molecule has 2 fully saturated rings. The smallest absolute Gasteiger partial charge is 0.119 e. The van der Waals surface area contributed by atoms with Crippen LogP contribution in [0.2, 0.25) is 0 Å². The van der Waals surface area contributed by atoms with Crippen molar-refractivity contribution in [1.82, 2.24) is 15.2 Å². The molecule has 1 saturated carbocycles. The highest BCUT2D eigenvalue weighted by molar-refractivity contribution is 5.34. The van der Waals surface area contributed by atoms with Crippen LogP contribution in [-0.2, 0) is 0 Å². The van der Waals surface area contributed by atoms with Crippen LogP contribution >= 0.6 is 0 Å². The highest BCUT2D eigenvalue weighted by Crippen LogP contribution is 2.31. The lowest BCUT2D eigenvalue weighted by molar-refractivity contribution is 0.185. The van der Waals surface area contributed by atoms with Gasteiger partial charge in [-0.25, -0.2) is 0 Å². The number of methoxy groups -OCH3 is 1. The normalized spacial score (nSPS) is 20.4. The first-order chi connectivity index (χ1) is 12.3. The van der Waals surface area contributed by atoms with Crippen molar-refractivity contribution in [1.29, 1.82) is 0 Å². The largest absolute Gasteiger partial charge is 0.497 e. The number of nitrogens with one attached hydrogen (secondary N) is 1. The first kappa shape index (κ1) is 16.6. The summed E-state index contributed by atoms with van der Waals surface area (Å²) in [5.74, 6) is 0.892. The summed E-state index contributed by atoms with van der Waals surface area (Å²) in [4.78, 5) is 7.28. The predicted molar refractivity (Wildman–Crippen MR) is 99.8 cm³/mol. The van der Waals surface area contributed by atoms with E-state index in [4.69, 9.17) is 4.74 Å². The minimum absolute atomic E-state index is 0.105. The fourth-order valence-corrected chi connectivity index (χ4v) is 3.83. The first-order valence-corrected chi connectivity index (χ1v) is 9.38. The first-order valence-electron chi connectivity index (χ1n) is 9.38. The molecule has 2 aromatic rings. The number of ether oxygens (including phenoxy) is 1. The zero-order valence-electron chi connectivity index (χ0n) is 14.9. The van der Waals surface area contributed by atoms with E-state index < -0.39 is 0 Å². The van der Waals surface area contributed by atoms with Gasteiger partial charge in [-0.3, -0.25) is 4.98 Å². The van der Waals surface area contributed by atoms with Gasteiger partial charge < -0.3 is 15.0 Å². The number of hydrogen-bond acceptors (Lipinski definition) is 4. The Morgan fingerprint density at radius 2 is 1.92 bits per heavy atom. The Kier molecular flexibility index (Phi) is 4.99. The number of hydrogen-bond donors (Lipinski definition) is 1. The van der Waals surface area contributed by atoms with Crippen LogP contribution in [0.5, 0.6) is 5.75 Å². The van der Waals surface area contributed by atoms with Crippen molar-refractivity contribution in [3.63, 3.8) is 0 Å². The summed E-state index contributed by atoms with van der Waals surface area (Å²) in [6.45, 7) is 2.44. The van der Waals surface area contributed by atoms with Crippen LogP contribution < -0.4 is 10.1 Å². The number of rotatable bonds is 6. The lowest BCUT2D eigenvalue weighted by atomic mass is 9.98. The third-order valence-electron chi connectivity index (χ3n) is 5.41. The van der Waals surface area contributed by atoms with Crippen molar-refractivity contribution >= 4 is 0 Å². The van der Waals surface area contributed by atoms with E-state index in [9.17, 15) is 0 Å². The maximum atomic E-state index is 5.42. The van der Waals surface area contributed by atoms with Gasteiger partial charge in [0.1, 0.15) is 5.75 Å². The van der Waals surface area contributed by atoms with Crippen LogP contribution in [-0.4, -0.2) is 42.2 Å². The van der Waals surface area contributed by atoms with Crippen molar-refractivity contribution < 1.29 is 4.74 Å². The number of likely N-dealkylation sites (tertiary alicyclic amines) is 1. The molecule has 25 heavy (non-hydrogen) atoms. The molecule has 1 N–H and O–H groups in total. The quantitative estimate of drug-likeness (QED) is 0.877. The average Bonchev–Trinajstić information content (AvgIpc) is 3.53. The average molecular weight is 337 g/mol. The van der Waals surface area contributed by atoms with Gasteiger partial charge in [-0.05, 0) is 68.6 Å². The Labute approximate surface area is 150 Å². The van der Waals surface area contributed by atoms with Gasteiger partial charge in [0, 0.05) is 18.3 Å². The molecule has 2 heterocycles. The molecule has 4 rings (SSSR count). The second kappa shape index (κ2) is 7.54. The van der Waals surface area contributed by atoms with E-state index in [1.807, 2.05) is 18.3 Å². The summed E-state index contributed by atoms with van der Waals surface area (Å²) in [5.41, 5.74) is 2.28. The standard InChI is InChI=1S/C21H27N3O/c1-25-19-6-4-5-16(15-19)21(20-7-2-3-12-22-20)23-17-10-13-24(14-11-17)18-8-9-18/h2-7,12,15,17-18,21,23H,8-11,13-14H2,1H3. The molecule has 0 radical (unpaired) electrons. The van der Waals surface area contributed by atoms with Gasteiger partial charge >= 0.3 is 0 Å². The minimum Gasteiger partial charge on any atom is -0.497 e. The molecule has 0 bridgehead atoms. The number of aromatic nitrogens is 1. The molecule has 1 aliphatic carbocycles. The second-order valence-corrected chi connectivity index (χ2v) is 7.17. The third kappa shape index (κ3) is 4.02. The summed E-state index contributed by atoms with van der Waals surface area (Å²) in [6.07, 6.45) is 7.10. The summed E-state index contributed by atoms with van der Waals surface area (Å²) < 4.78 is 5.42. The maximum Gasteiger partial charge on any atom is 0.119 e. The minimum atomic E-state index is 0.105. The molecule has 0 spiro atoms. The fourth-order valence-electron chi connectivity index (χ4n) is 3.83. The molecule has 132 valence electrons. The van der Waals surface area contributed by atoms with Gasteiger partial charge in [-0.15, -0.1) is 0 Å². The second-order valence-electron chi connectivity index (χ2n) is 7.17. The fraction of sp³-hybridized carbons (Fsp3) is 0.476. The van der Waals surface area contributed by atoms with E-state index in [-0.39, 0.29) is 6.04 Å². The van der Waals surface area contributed by atoms with Gasteiger partial charge in [0.05, 0.1) is 18.8 Å². The summed E-state index contributed by atoms with van der Waals surface area (Å²) >= 11 is 0. The molecule has 1 unspecified atom stereocenters. The Morgan fingerprint density at radius 1 is 1.08 bits per heavy atom. The van der Waals surface area contributed by atoms with Crippen LogP contribution in [0.3, 0.4) is 0 Å². The van der Waals surface area contributed by atoms with Crippen LogP contribution in [0, 0.1) is 0 Å². The molecular formula is C21H27N3O. The van der Waals surface area contributed by atoms with Crippen molar-refractivity contribution in [2.45, 2.75) is 43.8 Å². The van der Waals surface area contributed by atoms with Gasteiger partial charge in [0.2, 0.25) is 0 Å². The van der Waals surface area contributed by atoms with E-state index in [0.29, 0.717) is 6.04 Å². The van der Waals surface area contributed by atoms with Gasteiger partial charge in [0.15, 0.2) is 0 Å². The molecule has 0 amide bonds. The van der Waals surface area contributed by atoms with E-state index in [1.54, 1.807) is 7.11 Å². The topological polar surface area (TPSA) is 37.4 Å². The van der Waals surface area contributed by atoms with E-state index in [1.165, 1.54) is 44.3 Å². The third-order valence-corrected chi connectivity index (χ3v) is 5.41. The molecule has 4 heteroatoms. The van der Waals surface area contributed by atoms with Gasteiger partial charge in [0.25, 0.3) is 0 Å². The zero-order chi connectivity index (χ0) is 17.1. The van der Waals surface area contributed by atoms with Crippen LogP contribution in [0.1, 0.15) is 43.0 Å². The van der Waals surface area contributed by atoms with Crippen molar-refractivity contribution in [3.05, 3.63) is 59.9 Å². The van der Waals surface area contributed by atoms with Crippen molar-refractivity contribution in [3.8, 4) is 5.75 Å². The number of pyridine rings is 1. The summed E-state index contributed by atoms with van der Waals surface area (Å²) in [5, 5.41) is 3.88. The predicted octanol–water partition coefficient (Wildman–Crippen LogP) is 3.40. The molecule has 1 aromatic carbocycles. The monoisotopic (exact) mass is 337 g/mol. The Morgan fingerprint density at radius 3 is 2.60 bits per heavy atom. The summed E-state index contributed by atoms with van der Waals surface area (Å²) in [6, 6.07) is 16.0. The molecule has 2 aliphatic rings. The maximum absolute atomic E-state index is 5.42. The van der Waals surface area contributed by atoms with Gasteiger partial charge in [-0.1, -0.05) is 18.2 Å². The van der Waals surface area contributed by atoms with Gasteiger partial charge in [-0.2, -0.15) is 0 Å². The molecule has 4 nitrogen and oxygen atoms in total. The number of benzene rings is 1. The Hall–Kier alpha value is -1.91. The van der Waals surface area contributed by atoms with Crippen LogP contribution in [0.15, 0.2) is 48.7 Å². The van der Waals surface area contributed by atoms with Crippen molar-refractivity contribution in [2.24, 2.45) is 0 Å². The SMILES string of the molecule is COc1cccc(C(NC2CCN(C3CC3)CC2)c2ccccn2)c1. The molecule has 1 aliphatic heterocycles. The highest BCUT2D eigenvalue weighted by atomic mass is 16.5. The van der Waals surface area contributed by atoms with E-state index in [0.717, 1.165) is 17.5 Å². The summed E-state index contributed by atoms with van der Waals surface area (Å²) in [7, 11) is 1.72. The zero-order valence-corrected chi connectivity index (χ0v) is 14.9. The van der Waals surface area contributed by atoms with E-state index in [2.05, 4.69) is 45.5 Å². The van der Waals surface area contributed by atoms with Crippen molar-refractivity contribution in [2.75, 3.05) is 20.2 Å². The lowest BCUT2D eigenvalue weighted by Gasteiger charge is -2.34. The Balaban J connectivity index is 1.51. The molecule has 1 atom stereocenters. The Bertz CT molecular complexity index is 679. The highest BCUT2D eigenvalue weighted by Gasteiger charge is 2.32. The van der Waals surface area contributed by atoms with Crippen LogP contribution in [0.4, 0.5) is 0 Å². The number of nitrogens with zero attached hydrogens (tertiary/aromatic N) is 2. The van der Waals surface area contributed by atoms with E-state index >= 15 is 0 Å². The molecular weight excluding hydrogens is 310 g/mol. The molecule has 1 aromatic heterocycles. The number of piperidine rings is 1.